The Morgan fingerprint density at radius 2 is 1.67 bits per heavy atom. The summed E-state index contributed by atoms with van der Waals surface area (Å²) in [6.07, 6.45) is -2.47. The van der Waals surface area contributed by atoms with Crippen LogP contribution < -0.4 is 10.5 Å². The van der Waals surface area contributed by atoms with Gasteiger partial charge in [-0.25, -0.2) is 0 Å². The number of nitro groups is 2. The van der Waals surface area contributed by atoms with Crippen molar-refractivity contribution >= 4 is 34.5 Å². The second-order valence-corrected chi connectivity index (χ2v) is 7.02. The monoisotopic (exact) mass is 418 g/mol. The van der Waals surface area contributed by atoms with E-state index in [2.05, 4.69) is 17.0 Å². The minimum Gasteiger partial charge on any atom is -0.325 e. The van der Waals surface area contributed by atoms with E-state index >= 15 is 0 Å². The molecule has 140 valence electrons. The van der Waals surface area contributed by atoms with Gasteiger partial charge in [-0.2, -0.15) is 21.6 Å². The third kappa shape index (κ3) is 3.83. The van der Waals surface area contributed by atoms with E-state index in [0.717, 1.165) is 0 Å². The zero-order valence-electron chi connectivity index (χ0n) is 11.2. The van der Waals surface area contributed by atoms with Crippen LogP contribution in [0.5, 0.6) is 0 Å². The Labute approximate surface area is 142 Å². The largest absolute Gasteiger partial charge is 0.523 e. The van der Waals surface area contributed by atoms with Crippen molar-refractivity contribution in [2.24, 2.45) is 5.73 Å². The summed E-state index contributed by atoms with van der Waals surface area (Å²) in [5.74, 6) is 0. The van der Waals surface area contributed by atoms with E-state index in [0.29, 0.717) is 0 Å². The highest BCUT2D eigenvalue weighted by Crippen LogP contribution is 2.34. The molecule has 1 saturated carbocycles. The fourth-order valence-corrected chi connectivity index (χ4v) is 3.55. The lowest BCUT2D eigenvalue weighted by Gasteiger charge is -2.39. The summed E-state index contributed by atoms with van der Waals surface area (Å²) in [5.41, 5.74) is -0.386. The Hall–Kier alpha value is -0.940. The topological polar surface area (TPSA) is 168 Å². The molecule has 0 spiro atoms. The smallest absolute Gasteiger partial charge is 0.325 e. The molecule has 0 bridgehead atoms. The van der Waals surface area contributed by atoms with Crippen LogP contribution in [-0.2, 0) is 14.3 Å². The van der Waals surface area contributed by atoms with E-state index in [1.165, 1.54) is 0 Å². The first-order chi connectivity index (χ1) is 10.8. The molecule has 11 nitrogen and oxygen atoms in total. The van der Waals surface area contributed by atoms with Crippen LogP contribution in [-0.4, -0.2) is 59.4 Å². The highest BCUT2D eigenvalue weighted by molar-refractivity contribution is 7.87. The second kappa shape index (κ2) is 7.12. The Morgan fingerprint density at radius 1 is 1.21 bits per heavy atom. The molecule has 3 N–H and O–H groups in total. The number of hydrogen-bond acceptors (Lipinski definition) is 10. The van der Waals surface area contributed by atoms with E-state index in [9.17, 15) is 41.8 Å². The standard InChI is InChI=1S/C7H10ClF3N4O7S2/c8-1-2(12)3(13-23)6(22-24(20,21)7(9,10)11)5(15(18)19)4(1)14(16)17/h1-6,13,23H,12H2. The van der Waals surface area contributed by atoms with Crippen molar-refractivity contribution in [3.05, 3.63) is 20.2 Å². The summed E-state index contributed by atoms with van der Waals surface area (Å²) >= 11 is 9.19. The molecular weight excluding hydrogens is 409 g/mol. The van der Waals surface area contributed by atoms with Gasteiger partial charge in [-0.3, -0.25) is 29.1 Å². The number of nitrogens with two attached hydrogens (primary N) is 1. The predicted molar refractivity (Wildman–Crippen MR) is 74.9 cm³/mol. The quantitative estimate of drug-likeness (QED) is 0.130. The maximum absolute atomic E-state index is 12.5. The zero-order chi connectivity index (χ0) is 19.0. The zero-order valence-corrected chi connectivity index (χ0v) is 13.6. The molecule has 6 atom stereocenters. The van der Waals surface area contributed by atoms with Gasteiger partial charge in [0.15, 0.2) is 6.10 Å². The molecule has 1 aliphatic carbocycles. The number of thiol groups is 1. The van der Waals surface area contributed by atoms with Crippen molar-refractivity contribution in [2.75, 3.05) is 0 Å². The van der Waals surface area contributed by atoms with Crippen molar-refractivity contribution < 1.29 is 35.6 Å². The van der Waals surface area contributed by atoms with Gasteiger partial charge in [-0.1, -0.05) is 12.8 Å². The van der Waals surface area contributed by atoms with E-state index < -0.39 is 61.1 Å². The van der Waals surface area contributed by atoms with Crippen LogP contribution in [0, 0.1) is 20.2 Å². The fraction of sp³-hybridized carbons (Fsp3) is 1.00. The van der Waals surface area contributed by atoms with Gasteiger partial charge in [0, 0.05) is 15.9 Å². The highest BCUT2D eigenvalue weighted by atomic mass is 35.5. The Bertz CT molecular complexity index is 620. The van der Waals surface area contributed by atoms with Crippen molar-refractivity contribution in [1.82, 2.24) is 4.72 Å². The first-order valence-corrected chi connectivity index (χ1v) is 8.11. The van der Waals surface area contributed by atoms with Gasteiger partial charge in [-0.05, 0) is 0 Å². The van der Waals surface area contributed by atoms with Crippen molar-refractivity contribution in [1.29, 1.82) is 0 Å². The number of halogens is 4. The van der Waals surface area contributed by atoms with Crippen molar-refractivity contribution in [2.45, 2.75) is 41.2 Å². The van der Waals surface area contributed by atoms with Crippen LogP contribution >= 0.6 is 24.4 Å². The Kier molecular flexibility index (Phi) is 6.26. The molecule has 1 fully saturated rings. The minimum absolute atomic E-state index is 1.23. The number of nitrogens with zero attached hydrogens (tertiary/aromatic N) is 2. The molecular formula is C7H10ClF3N4O7S2. The van der Waals surface area contributed by atoms with Crippen LogP contribution in [0.1, 0.15) is 0 Å². The van der Waals surface area contributed by atoms with E-state index in [4.69, 9.17) is 17.3 Å². The Balaban J connectivity index is 3.43. The van der Waals surface area contributed by atoms with E-state index in [-0.39, 0.29) is 0 Å². The molecule has 0 aliphatic heterocycles. The molecule has 1 rings (SSSR count). The number of alkyl halides is 4. The molecule has 1 aliphatic rings. The van der Waals surface area contributed by atoms with E-state index in [1.54, 1.807) is 0 Å². The van der Waals surface area contributed by atoms with Crippen LogP contribution in [0.3, 0.4) is 0 Å². The summed E-state index contributed by atoms with van der Waals surface area (Å²) in [6, 6.07) is -8.07. The molecule has 0 heterocycles. The molecule has 0 radical (unpaired) electrons. The molecule has 0 aromatic carbocycles. The fourth-order valence-electron chi connectivity index (χ4n) is 2.20. The van der Waals surface area contributed by atoms with Crippen molar-refractivity contribution in [3.63, 3.8) is 0 Å². The van der Waals surface area contributed by atoms with Crippen LogP contribution in [0.25, 0.3) is 0 Å². The third-order valence-electron chi connectivity index (χ3n) is 3.31. The van der Waals surface area contributed by atoms with Crippen LogP contribution in [0.4, 0.5) is 13.2 Å². The van der Waals surface area contributed by atoms with Gasteiger partial charge in [0.25, 0.3) is 6.04 Å². The second-order valence-electron chi connectivity index (χ2n) is 4.69. The predicted octanol–water partition coefficient (Wildman–Crippen LogP) is -0.737. The summed E-state index contributed by atoms with van der Waals surface area (Å²) < 4.78 is 65.5. The summed E-state index contributed by atoms with van der Waals surface area (Å²) in [6.45, 7) is 0. The summed E-state index contributed by atoms with van der Waals surface area (Å²) in [7, 11) is -6.30. The third-order valence-corrected chi connectivity index (χ3v) is 5.20. The van der Waals surface area contributed by atoms with E-state index in [1.807, 2.05) is 4.72 Å². The van der Waals surface area contributed by atoms with Gasteiger partial charge < -0.3 is 5.73 Å². The normalized spacial score (nSPS) is 34.8. The highest BCUT2D eigenvalue weighted by Gasteiger charge is 2.64. The molecule has 6 unspecified atom stereocenters. The minimum atomic E-state index is -6.30. The van der Waals surface area contributed by atoms with Gasteiger partial charge in [0.05, 0.1) is 6.04 Å². The average Bonchev–Trinajstić information content (AvgIpc) is 2.40. The molecule has 0 saturated heterocycles. The number of hydrogen-bond donors (Lipinski definition) is 3. The maximum Gasteiger partial charge on any atom is 0.523 e. The van der Waals surface area contributed by atoms with Crippen LogP contribution in [0.2, 0.25) is 0 Å². The van der Waals surface area contributed by atoms with Crippen LogP contribution in [0.15, 0.2) is 0 Å². The summed E-state index contributed by atoms with van der Waals surface area (Å²) in [4.78, 5) is 19.6. The molecule has 24 heavy (non-hydrogen) atoms. The SMILES string of the molecule is NC1C(Cl)C([N+](=O)[O-])C([N+](=O)[O-])C(OS(=O)(=O)C(F)(F)F)C1NS. The van der Waals surface area contributed by atoms with Gasteiger partial charge in [-0.15, -0.1) is 11.6 Å². The van der Waals surface area contributed by atoms with Crippen molar-refractivity contribution in [3.8, 4) is 0 Å². The lowest BCUT2D eigenvalue weighted by molar-refractivity contribution is -0.627. The lowest BCUT2D eigenvalue weighted by atomic mass is 9.81. The maximum atomic E-state index is 12.5. The van der Waals surface area contributed by atoms with Gasteiger partial charge in [0.1, 0.15) is 5.38 Å². The van der Waals surface area contributed by atoms with Gasteiger partial charge >= 0.3 is 21.7 Å². The van der Waals surface area contributed by atoms with Gasteiger partial charge in [0.2, 0.25) is 0 Å². The Morgan fingerprint density at radius 3 is 2.00 bits per heavy atom. The average molecular weight is 419 g/mol. The first-order valence-electron chi connectivity index (χ1n) is 5.82. The molecule has 0 aromatic heterocycles. The first kappa shape index (κ1) is 21.1. The number of rotatable bonds is 5. The lowest BCUT2D eigenvalue weighted by Crippen LogP contribution is -2.72. The molecule has 0 aromatic rings. The number of nitrogens with one attached hydrogen (secondary N) is 1. The molecule has 17 heteroatoms. The summed E-state index contributed by atoms with van der Waals surface area (Å²) in [5, 5.41) is 20.4. The molecule has 0 amide bonds.